The number of hydrogen-bond acceptors (Lipinski definition) is 3. The zero-order chi connectivity index (χ0) is 16.1. The van der Waals surface area contributed by atoms with Gasteiger partial charge in [0.2, 0.25) is 0 Å². The first-order valence-electron chi connectivity index (χ1n) is 6.85. The molecule has 0 spiro atoms. The average molecular weight is 321 g/mol. The van der Waals surface area contributed by atoms with E-state index in [9.17, 15) is 18.3 Å². The summed E-state index contributed by atoms with van der Waals surface area (Å²) in [6.07, 6.45) is 0.696. The van der Waals surface area contributed by atoms with Crippen LogP contribution in [0.2, 0.25) is 0 Å². The van der Waals surface area contributed by atoms with Crippen LogP contribution in [0, 0.1) is 5.92 Å². The quantitative estimate of drug-likeness (QED) is 0.739. The van der Waals surface area contributed by atoms with E-state index in [1.807, 2.05) is 13.8 Å². The van der Waals surface area contributed by atoms with Gasteiger partial charge >= 0.3 is 5.51 Å². The zero-order valence-electron chi connectivity index (χ0n) is 12.5. The fourth-order valence-electron chi connectivity index (χ4n) is 2.24. The summed E-state index contributed by atoms with van der Waals surface area (Å²) in [6, 6.07) is 6.25. The summed E-state index contributed by atoms with van der Waals surface area (Å²) in [7, 11) is 0. The van der Waals surface area contributed by atoms with E-state index < -0.39 is 11.1 Å². The number of rotatable bonds is 7. The highest BCUT2D eigenvalue weighted by atomic mass is 32.2. The van der Waals surface area contributed by atoms with Crippen LogP contribution in [0.5, 0.6) is 0 Å². The van der Waals surface area contributed by atoms with Gasteiger partial charge in [-0.3, -0.25) is 0 Å². The molecule has 120 valence electrons. The third-order valence-electron chi connectivity index (χ3n) is 2.84. The lowest BCUT2D eigenvalue weighted by Crippen LogP contribution is -2.38. The van der Waals surface area contributed by atoms with Crippen LogP contribution >= 0.6 is 11.8 Å². The molecule has 0 amide bonds. The van der Waals surface area contributed by atoms with Crippen LogP contribution in [-0.2, 0) is 6.54 Å². The number of nitrogens with one attached hydrogen (secondary N) is 1. The molecule has 0 radical (unpaired) electrons. The van der Waals surface area contributed by atoms with Crippen LogP contribution in [-0.4, -0.2) is 22.8 Å². The Labute approximate surface area is 128 Å². The van der Waals surface area contributed by atoms with Gasteiger partial charge in [-0.15, -0.1) is 0 Å². The number of alkyl halides is 3. The predicted molar refractivity (Wildman–Crippen MR) is 80.1 cm³/mol. The maximum Gasteiger partial charge on any atom is 0.446 e. The van der Waals surface area contributed by atoms with Gasteiger partial charge in [0.25, 0.3) is 0 Å². The van der Waals surface area contributed by atoms with Crippen molar-refractivity contribution in [3.8, 4) is 0 Å². The maximum atomic E-state index is 12.2. The summed E-state index contributed by atoms with van der Waals surface area (Å²) >= 11 is -0.116. The van der Waals surface area contributed by atoms with Crippen molar-refractivity contribution in [3.63, 3.8) is 0 Å². The fourth-order valence-corrected chi connectivity index (χ4v) is 2.78. The minimum absolute atomic E-state index is 0.116. The molecule has 0 bridgehead atoms. The Morgan fingerprint density at radius 3 is 2.24 bits per heavy atom. The van der Waals surface area contributed by atoms with Crippen molar-refractivity contribution in [3.05, 3.63) is 29.8 Å². The molecule has 0 saturated heterocycles. The number of benzene rings is 1. The Kier molecular flexibility index (Phi) is 6.56. The van der Waals surface area contributed by atoms with E-state index in [1.165, 1.54) is 12.1 Å². The SMILES string of the molecule is CC(C)CC(C)(O)CNCc1ccc(SC(F)(F)F)cc1. The highest BCUT2D eigenvalue weighted by molar-refractivity contribution is 8.00. The summed E-state index contributed by atoms with van der Waals surface area (Å²) in [5.41, 5.74) is -4.14. The molecule has 21 heavy (non-hydrogen) atoms. The Hall–Kier alpha value is -0.720. The Morgan fingerprint density at radius 2 is 1.76 bits per heavy atom. The van der Waals surface area contributed by atoms with Crippen molar-refractivity contribution >= 4 is 11.8 Å². The topological polar surface area (TPSA) is 32.3 Å². The van der Waals surface area contributed by atoms with Crippen molar-refractivity contribution in [2.45, 2.75) is 49.7 Å². The van der Waals surface area contributed by atoms with Gasteiger partial charge < -0.3 is 10.4 Å². The first-order chi connectivity index (χ1) is 9.57. The second-order valence-corrected chi connectivity index (χ2v) is 7.03. The van der Waals surface area contributed by atoms with E-state index in [4.69, 9.17) is 0 Å². The summed E-state index contributed by atoms with van der Waals surface area (Å²) in [6.45, 7) is 6.84. The summed E-state index contributed by atoms with van der Waals surface area (Å²) < 4.78 is 36.6. The Bertz CT molecular complexity index is 430. The van der Waals surface area contributed by atoms with Gasteiger partial charge in [-0.25, -0.2) is 0 Å². The normalized spacial score (nSPS) is 15.2. The number of aliphatic hydroxyl groups is 1. The average Bonchev–Trinajstić information content (AvgIpc) is 2.27. The van der Waals surface area contributed by atoms with Gasteiger partial charge in [0, 0.05) is 18.0 Å². The lowest BCUT2D eigenvalue weighted by molar-refractivity contribution is -0.0328. The number of hydrogen-bond donors (Lipinski definition) is 2. The van der Waals surface area contributed by atoms with Gasteiger partial charge in [0.15, 0.2) is 0 Å². The highest BCUT2D eigenvalue weighted by Gasteiger charge is 2.29. The smallest absolute Gasteiger partial charge is 0.389 e. The molecule has 0 aliphatic rings. The molecule has 0 aliphatic carbocycles. The second kappa shape index (κ2) is 7.51. The van der Waals surface area contributed by atoms with Gasteiger partial charge in [0.05, 0.1) is 5.60 Å². The largest absolute Gasteiger partial charge is 0.446 e. The van der Waals surface area contributed by atoms with E-state index in [2.05, 4.69) is 5.32 Å². The van der Waals surface area contributed by atoms with E-state index in [0.29, 0.717) is 25.4 Å². The van der Waals surface area contributed by atoms with Crippen LogP contribution in [0.3, 0.4) is 0 Å². The lowest BCUT2D eigenvalue weighted by atomic mass is 9.94. The first-order valence-corrected chi connectivity index (χ1v) is 7.67. The molecular formula is C15H22F3NOS. The molecule has 0 heterocycles. The van der Waals surface area contributed by atoms with Crippen LogP contribution in [0.4, 0.5) is 13.2 Å². The molecule has 0 aromatic heterocycles. The Balaban J connectivity index is 2.43. The second-order valence-electron chi connectivity index (χ2n) is 5.89. The van der Waals surface area contributed by atoms with Crippen LogP contribution in [0.15, 0.2) is 29.2 Å². The highest BCUT2D eigenvalue weighted by Crippen LogP contribution is 2.36. The van der Waals surface area contributed by atoms with Gasteiger partial charge in [0.1, 0.15) is 0 Å². The van der Waals surface area contributed by atoms with Gasteiger partial charge in [-0.2, -0.15) is 13.2 Å². The molecule has 2 N–H and O–H groups in total. The monoisotopic (exact) mass is 321 g/mol. The summed E-state index contributed by atoms with van der Waals surface area (Å²) in [4.78, 5) is 0.179. The van der Waals surface area contributed by atoms with Crippen molar-refractivity contribution in [1.82, 2.24) is 5.32 Å². The molecule has 0 fully saturated rings. The molecule has 1 atom stereocenters. The summed E-state index contributed by atoms with van der Waals surface area (Å²) in [5.74, 6) is 0.403. The zero-order valence-corrected chi connectivity index (χ0v) is 13.3. The van der Waals surface area contributed by atoms with Crippen molar-refractivity contribution in [2.75, 3.05) is 6.54 Å². The standard InChI is InChI=1S/C15H22F3NOS/c1-11(2)8-14(3,20)10-19-9-12-4-6-13(7-5-12)21-15(16,17)18/h4-7,11,19-20H,8-10H2,1-3H3. The maximum absolute atomic E-state index is 12.2. The fraction of sp³-hybridized carbons (Fsp3) is 0.600. The molecule has 2 nitrogen and oxygen atoms in total. The number of halogens is 3. The first kappa shape index (κ1) is 18.3. The summed E-state index contributed by atoms with van der Waals surface area (Å²) in [5, 5.41) is 13.3. The lowest BCUT2D eigenvalue weighted by Gasteiger charge is -2.25. The third kappa shape index (κ3) is 8.34. The van der Waals surface area contributed by atoms with Crippen molar-refractivity contribution in [1.29, 1.82) is 0 Å². The molecule has 1 rings (SSSR count). The third-order valence-corrected chi connectivity index (χ3v) is 3.58. The number of thioether (sulfide) groups is 1. The van der Waals surface area contributed by atoms with Crippen LogP contribution in [0.1, 0.15) is 32.8 Å². The molecule has 0 aliphatic heterocycles. The molecule has 6 heteroatoms. The molecule has 0 saturated carbocycles. The van der Waals surface area contributed by atoms with Crippen LogP contribution < -0.4 is 5.32 Å². The predicted octanol–water partition coefficient (Wildman–Crippen LogP) is 4.19. The molecular weight excluding hydrogens is 299 g/mol. The minimum Gasteiger partial charge on any atom is -0.389 e. The molecule has 1 aromatic rings. The van der Waals surface area contributed by atoms with Gasteiger partial charge in [-0.05, 0) is 48.7 Å². The van der Waals surface area contributed by atoms with E-state index >= 15 is 0 Å². The Morgan fingerprint density at radius 1 is 1.19 bits per heavy atom. The molecule has 1 unspecified atom stereocenters. The molecule has 1 aromatic carbocycles. The van der Waals surface area contributed by atoms with E-state index in [-0.39, 0.29) is 16.7 Å². The van der Waals surface area contributed by atoms with Crippen molar-refractivity contribution in [2.24, 2.45) is 5.92 Å². The van der Waals surface area contributed by atoms with Gasteiger partial charge in [-0.1, -0.05) is 26.0 Å². The van der Waals surface area contributed by atoms with E-state index in [1.54, 1.807) is 19.1 Å². The van der Waals surface area contributed by atoms with Crippen LogP contribution in [0.25, 0.3) is 0 Å². The van der Waals surface area contributed by atoms with Crippen molar-refractivity contribution < 1.29 is 18.3 Å². The minimum atomic E-state index is -4.25. The van der Waals surface area contributed by atoms with E-state index in [0.717, 1.165) is 5.56 Å².